The van der Waals surface area contributed by atoms with Gasteiger partial charge < -0.3 is 15.5 Å². The molecule has 5 nitrogen and oxygen atoms in total. The largest absolute Gasteiger partial charge is 0.366 e. The summed E-state index contributed by atoms with van der Waals surface area (Å²) < 4.78 is 14.2. The van der Waals surface area contributed by atoms with Gasteiger partial charge >= 0.3 is 0 Å². The molecule has 1 heterocycles. The standard InChI is InChI=1S/C17H24FN3O2S.ClH/c1-12(22)13-3-4-16(14(18)11-13)20-6-8-21(9-7-20)17(23)15(19)5-10-24-2;/h3-4,11,15H,5-10,19H2,1-2H3;1H. The molecule has 140 valence electrons. The van der Waals surface area contributed by atoms with Crippen molar-refractivity contribution in [3.63, 3.8) is 0 Å². The van der Waals surface area contributed by atoms with Gasteiger partial charge in [0.15, 0.2) is 5.78 Å². The first-order chi connectivity index (χ1) is 11.4. The van der Waals surface area contributed by atoms with Crippen molar-refractivity contribution in [2.24, 2.45) is 5.73 Å². The Morgan fingerprint density at radius 1 is 1.28 bits per heavy atom. The summed E-state index contributed by atoms with van der Waals surface area (Å²) in [6.07, 6.45) is 2.66. The maximum absolute atomic E-state index is 14.2. The fourth-order valence-corrected chi connectivity index (χ4v) is 3.24. The highest BCUT2D eigenvalue weighted by Crippen LogP contribution is 2.22. The van der Waals surface area contributed by atoms with Crippen molar-refractivity contribution in [3.05, 3.63) is 29.6 Å². The van der Waals surface area contributed by atoms with Crippen LogP contribution in [0.15, 0.2) is 18.2 Å². The van der Waals surface area contributed by atoms with E-state index < -0.39 is 11.9 Å². The Morgan fingerprint density at radius 2 is 1.92 bits per heavy atom. The molecule has 1 aromatic carbocycles. The van der Waals surface area contributed by atoms with Crippen LogP contribution in [0.1, 0.15) is 23.7 Å². The number of rotatable bonds is 6. The first kappa shape index (κ1) is 21.7. The highest BCUT2D eigenvalue weighted by atomic mass is 35.5. The third-order valence-electron chi connectivity index (χ3n) is 4.24. The van der Waals surface area contributed by atoms with Gasteiger partial charge in [-0.15, -0.1) is 12.4 Å². The van der Waals surface area contributed by atoms with Gasteiger partial charge in [-0.3, -0.25) is 9.59 Å². The fourth-order valence-electron chi connectivity index (χ4n) is 2.75. The van der Waals surface area contributed by atoms with E-state index in [4.69, 9.17) is 5.73 Å². The van der Waals surface area contributed by atoms with Gasteiger partial charge in [-0.2, -0.15) is 11.8 Å². The number of piperazine rings is 1. The lowest BCUT2D eigenvalue weighted by Gasteiger charge is -2.37. The average molecular weight is 390 g/mol. The molecular formula is C17H25ClFN3O2S. The van der Waals surface area contributed by atoms with E-state index in [1.165, 1.54) is 13.0 Å². The van der Waals surface area contributed by atoms with Crippen molar-refractivity contribution in [1.29, 1.82) is 0 Å². The van der Waals surface area contributed by atoms with Gasteiger partial charge in [-0.05, 0) is 43.6 Å². The molecule has 1 amide bonds. The van der Waals surface area contributed by atoms with Crippen molar-refractivity contribution >= 4 is 41.5 Å². The SMILES string of the molecule is CSCCC(N)C(=O)N1CCN(c2ccc(C(C)=O)cc2F)CC1.Cl. The second-order valence-corrected chi connectivity index (χ2v) is 6.91. The van der Waals surface area contributed by atoms with Crippen LogP contribution in [-0.4, -0.2) is 60.8 Å². The number of halogens is 2. The van der Waals surface area contributed by atoms with Crippen LogP contribution in [0.3, 0.4) is 0 Å². The number of nitrogens with two attached hydrogens (primary N) is 1. The predicted octanol–water partition coefficient (Wildman–Crippen LogP) is 2.18. The van der Waals surface area contributed by atoms with Gasteiger partial charge in [-0.25, -0.2) is 4.39 Å². The molecule has 0 saturated carbocycles. The Morgan fingerprint density at radius 3 is 2.44 bits per heavy atom. The Bertz CT molecular complexity index is 610. The summed E-state index contributed by atoms with van der Waals surface area (Å²) in [4.78, 5) is 27.3. The summed E-state index contributed by atoms with van der Waals surface area (Å²) in [7, 11) is 0. The molecule has 2 N–H and O–H groups in total. The van der Waals surface area contributed by atoms with Crippen LogP contribution >= 0.6 is 24.2 Å². The molecule has 1 aliphatic heterocycles. The third kappa shape index (κ3) is 5.59. The number of hydrogen-bond acceptors (Lipinski definition) is 5. The fraction of sp³-hybridized carbons (Fsp3) is 0.529. The number of carbonyl (C=O) groups excluding carboxylic acids is 2. The molecule has 0 aromatic heterocycles. The molecule has 0 aliphatic carbocycles. The summed E-state index contributed by atoms with van der Waals surface area (Å²) in [5.74, 6) is 0.269. The number of Topliss-reactive ketones (excluding diaryl/α,β-unsaturated/α-hetero) is 1. The quantitative estimate of drug-likeness (QED) is 0.755. The molecule has 0 radical (unpaired) electrons. The van der Waals surface area contributed by atoms with E-state index >= 15 is 0 Å². The van der Waals surface area contributed by atoms with Gasteiger partial charge in [0.25, 0.3) is 0 Å². The predicted molar refractivity (Wildman–Crippen MR) is 103 cm³/mol. The lowest BCUT2D eigenvalue weighted by atomic mass is 10.1. The third-order valence-corrected chi connectivity index (χ3v) is 4.88. The van der Waals surface area contributed by atoms with Gasteiger partial charge in [0.05, 0.1) is 11.7 Å². The van der Waals surface area contributed by atoms with E-state index in [1.807, 2.05) is 11.2 Å². The minimum atomic E-state index is -0.462. The minimum Gasteiger partial charge on any atom is -0.366 e. The van der Waals surface area contributed by atoms with Crippen LogP contribution < -0.4 is 10.6 Å². The van der Waals surface area contributed by atoms with E-state index in [-0.39, 0.29) is 24.1 Å². The van der Waals surface area contributed by atoms with Crippen molar-refractivity contribution in [1.82, 2.24) is 4.90 Å². The molecule has 1 aliphatic rings. The van der Waals surface area contributed by atoms with E-state index in [1.54, 1.807) is 28.8 Å². The number of benzene rings is 1. The molecule has 0 bridgehead atoms. The van der Waals surface area contributed by atoms with Crippen LogP contribution in [0, 0.1) is 5.82 Å². The molecular weight excluding hydrogens is 365 g/mol. The second kappa shape index (κ2) is 9.99. The molecule has 8 heteroatoms. The first-order valence-electron chi connectivity index (χ1n) is 8.02. The summed E-state index contributed by atoms with van der Waals surface area (Å²) in [6.45, 7) is 3.58. The molecule has 0 spiro atoms. The lowest BCUT2D eigenvalue weighted by Crippen LogP contribution is -2.53. The Kier molecular flexibility index (Phi) is 8.68. The van der Waals surface area contributed by atoms with E-state index in [0.717, 1.165) is 5.75 Å². The van der Waals surface area contributed by atoms with Crippen molar-refractivity contribution in [3.8, 4) is 0 Å². The van der Waals surface area contributed by atoms with Gasteiger partial charge in [0.2, 0.25) is 5.91 Å². The normalized spacial score (nSPS) is 15.5. The van der Waals surface area contributed by atoms with Crippen molar-refractivity contribution < 1.29 is 14.0 Å². The summed E-state index contributed by atoms with van der Waals surface area (Å²) in [5, 5.41) is 0. The van der Waals surface area contributed by atoms with Crippen molar-refractivity contribution in [2.45, 2.75) is 19.4 Å². The maximum atomic E-state index is 14.2. The molecule has 2 rings (SSSR count). The molecule has 1 saturated heterocycles. The average Bonchev–Trinajstić information content (AvgIpc) is 2.59. The number of amides is 1. The van der Waals surface area contributed by atoms with E-state index in [9.17, 15) is 14.0 Å². The maximum Gasteiger partial charge on any atom is 0.239 e. The van der Waals surface area contributed by atoms with Crippen molar-refractivity contribution in [2.75, 3.05) is 43.1 Å². The minimum absolute atomic E-state index is 0. The van der Waals surface area contributed by atoms with Crippen LogP contribution in [0.4, 0.5) is 10.1 Å². The molecule has 1 fully saturated rings. The summed E-state index contributed by atoms with van der Waals surface area (Å²) in [6, 6.07) is 4.08. The van der Waals surface area contributed by atoms with Crippen LogP contribution in [-0.2, 0) is 4.79 Å². The number of anilines is 1. The topological polar surface area (TPSA) is 66.6 Å². The van der Waals surface area contributed by atoms with Crippen LogP contribution in [0.2, 0.25) is 0 Å². The zero-order valence-corrected chi connectivity index (χ0v) is 16.2. The van der Waals surface area contributed by atoms with Gasteiger partial charge in [0, 0.05) is 31.7 Å². The highest BCUT2D eigenvalue weighted by molar-refractivity contribution is 7.98. The molecule has 1 aromatic rings. The van der Waals surface area contributed by atoms with Gasteiger partial charge in [0.1, 0.15) is 5.82 Å². The van der Waals surface area contributed by atoms with Crippen LogP contribution in [0.25, 0.3) is 0 Å². The zero-order chi connectivity index (χ0) is 17.7. The number of thioether (sulfide) groups is 1. The molecule has 1 atom stereocenters. The van der Waals surface area contributed by atoms with Gasteiger partial charge in [-0.1, -0.05) is 0 Å². The monoisotopic (exact) mass is 389 g/mol. The van der Waals surface area contributed by atoms with E-state index in [0.29, 0.717) is 43.9 Å². The highest BCUT2D eigenvalue weighted by Gasteiger charge is 2.26. The molecule has 25 heavy (non-hydrogen) atoms. The lowest BCUT2D eigenvalue weighted by molar-refractivity contribution is -0.132. The smallest absolute Gasteiger partial charge is 0.239 e. The second-order valence-electron chi connectivity index (χ2n) is 5.92. The zero-order valence-electron chi connectivity index (χ0n) is 14.5. The van der Waals surface area contributed by atoms with E-state index in [2.05, 4.69) is 0 Å². The number of nitrogens with zero attached hydrogens (tertiary/aromatic N) is 2. The number of hydrogen-bond donors (Lipinski definition) is 1. The Hall–Kier alpha value is -1.31. The number of ketones is 1. The summed E-state index contributed by atoms with van der Waals surface area (Å²) in [5.41, 5.74) is 6.78. The van der Waals surface area contributed by atoms with Crippen LogP contribution in [0.5, 0.6) is 0 Å². The molecule has 1 unspecified atom stereocenters. The Labute approximate surface area is 158 Å². The summed E-state index contributed by atoms with van der Waals surface area (Å²) >= 11 is 1.67. The Balaban J connectivity index is 0.00000312. The first-order valence-corrected chi connectivity index (χ1v) is 9.42. The number of carbonyl (C=O) groups is 2.